The van der Waals surface area contributed by atoms with E-state index in [9.17, 15) is 18.3 Å². The molecule has 1 aliphatic carbocycles. The van der Waals surface area contributed by atoms with Crippen molar-refractivity contribution in [3.05, 3.63) is 53.1 Å². The Morgan fingerprint density at radius 1 is 0.971 bits per heavy atom. The minimum absolute atomic E-state index is 0.0746. The molecule has 0 unspecified atom stereocenters. The summed E-state index contributed by atoms with van der Waals surface area (Å²) in [6.45, 7) is 5.86. The average molecular weight is 501 g/mol. The molecule has 35 heavy (non-hydrogen) atoms. The molecule has 8 nitrogen and oxygen atoms in total. The van der Waals surface area contributed by atoms with E-state index in [1.54, 1.807) is 30.3 Å². The van der Waals surface area contributed by atoms with Crippen molar-refractivity contribution in [3.8, 4) is 0 Å². The zero-order valence-electron chi connectivity index (χ0n) is 20.4. The summed E-state index contributed by atoms with van der Waals surface area (Å²) in [4.78, 5) is 17.0. The second kappa shape index (κ2) is 11.4. The molecule has 0 aromatic heterocycles. The highest BCUT2D eigenvalue weighted by Gasteiger charge is 2.25. The zero-order valence-corrected chi connectivity index (χ0v) is 21.2. The molecule has 9 heteroatoms. The van der Waals surface area contributed by atoms with Gasteiger partial charge in [-0.25, -0.2) is 13.2 Å². The number of rotatable bonds is 9. The van der Waals surface area contributed by atoms with Crippen LogP contribution in [0.2, 0.25) is 0 Å². The third-order valence-electron chi connectivity index (χ3n) is 6.98. The first-order chi connectivity index (χ1) is 16.8. The van der Waals surface area contributed by atoms with Gasteiger partial charge in [-0.2, -0.15) is 0 Å². The number of carboxylic acids is 1. The summed E-state index contributed by atoms with van der Waals surface area (Å²) in [7, 11) is -1.86. The lowest BCUT2D eigenvalue weighted by Gasteiger charge is -2.32. The lowest BCUT2D eigenvalue weighted by atomic mass is 9.96. The van der Waals surface area contributed by atoms with Crippen molar-refractivity contribution in [2.24, 2.45) is 0 Å². The number of benzene rings is 2. The normalized spacial score (nSPS) is 17.4. The number of likely N-dealkylation sites (N-methyl/N-ethyl adjacent to an activating group) is 1. The molecule has 0 bridgehead atoms. The third kappa shape index (κ3) is 6.34. The Bertz CT molecular complexity index is 1140. The minimum Gasteiger partial charge on any atom is -0.478 e. The molecule has 0 amide bonds. The van der Waals surface area contributed by atoms with Gasteiger partial charge < -0.3 is 20.2 Å². The number of fused-ring (bicyclic) bond motifs is 1. The second-order valence-electron chi connectivity index (χ2n) is 9.52. The smallest absolute Gasteiger partial charge is 0.338 e. The Morgan fingerprint density at radius 3 is 2.49 bits per heavy atom. The molecule has 4 rings (SSSR count). The molecule has 2 aromatic rings. The van der Waals surface area contributed by atoms with Gasteiger partial charge in [0.1, 0.15) is 4.90 Å². The number of carbonyl (C=O) groups is 1. The van der Waals surface area contributed by atoms with Crippen molar-refractivity contribution >= 4 is 27.4 Å². The van der Waals surface area contributed by atoms with Gasteiger partial charge in [0, 0.05) is 32.7 Å². The Labute approximate surface area is 208 Å². The molecule has 2 aromatic carbocycles. The van der Waals surface area contributed by atoms with Crippen molar-refractivity contribution in [1.82, 2.24) is 9.80 Å². The van der Waals surface area contributed by atoms with Crippen LogP contribution >= 0.6 is 0 Å². The monoisotopic (exact) mass is 500 g/mol. The first-order valence-corrected chi connectivity index (χ1v) is 14.0. The molecule has 0 radical (unpaired) electrons. The third-order valence-corrected chi connectivity index (χ3v) is 8.40. The van der Waals surface area contributed by atoms with E-state index >= 15 is 0 Å². The molecule has 0 atom stereocenters. The van der Waals surface area contributed by atoms with Gasteiger partial charge in [0.2, 0.25) is 0 Å². The van der Waals surface area contributed by atoms with E-state index in [1.807, 2.05) is 6.07 Å². The van der Waals surface area contributed by atoms with Crippen LogP contribution in [-0.4, -0.2) is 75.6 Å². The lowest BCUT2D eigenvalue weighted by Crippen LogP contribution is -2.44. The first kappa shape index (κ1) is 25.5. The van der Waals surface area contributed by atoms with E-state index in [2.05, 4.69) is 26.9 Å². The predicted molar refractivity (Wildman–Crippen MR) is 139 cm³/mol. The quantitative estimate of drug-likeness (QED) is 0.358. The molecular weight excluding hydrogens is 464 g/mol. The number of aromatic carboxylic acids is 1. The van der Waals surface area contributed by atoms with Gasteiger partial charge in [0.25, 0.3) is 10.0 Å². The molecule has 3 N–H and O–H groups in total. The Balaban J connectivity index is 1.48. The highest BCUT2D eigenvalue weighted by Crippen LogP contribution is 2.32. The van der Waals surface area contributed by atoms with Crippen LogP contribution in [0.15, 0.2) is 41.3 Å². The van der Waals surface area contributed by atoms with Gasteiger partial charge in [0.15, 0.2) is 0 Å². The highest BCUT2D eigenvalue weighted by atomic mass is 32.2. The van der Waals surface area contributed by atoms with E-state index in [0.717, 1.165) is 76.0 Å². The van der Waals surface area contributed by atoms with Crippen molar-refractivity contribution < 1.29 is 18.3 Å². The Morgan fingerprint density at radius 2 is 1.71 bits per heavy atom. The summed E-state index contributed by atoms with van der Waals surface area (Å²) >= 11 is 0. The summed E-state index contributed by atoms with van der Waals surface area (Å²) < 4.78 is 29.4. The van der Waals surface area contributed by atoms with Crippen molar-refractivity contribution in [2.45, 2.75) is 43.4 Å². The van der Waals surface area contributed by atoms with Crippen LogP contribution in [-0.2, 0) is 22.9 Å². The topological polar surface area (TPSA) is 102 Å². The number of carboxylic acid groups (broad SMARTS) is 1. The second-order valence-corrected chi connectivity index (χ2v) is 11.2. The largest absolute Gasteiger partial charge is 0.478 e. The van der Waals surface area contributed by atoms with E-state index < -0.39 is 16.0 Å². The number of hydrogen-bond acceptors (Lipinski definition) is 6. The molecule has 1 aliphatic heterocycles. The van der Waals surface area contributed by atoms with Crippen molar-refractivity contribution in [1.29, 1.82) is 0 Å². The van der Waals surface area contributed by atoms with Gasteiger partial charge in [-0.3, -0.25) is 4.72 Å². The number of anilines is 2. The van der Waals surface area contributed by atoms with E-state index in [4.69, 9.17) is 0 Å². The fourth-order valence-corrected chi connectivity index (χ4v) is 6.24. The first-order valence-electron chi connectivity index (χ1n) is 12.5. The average Bonchev–Trinajstić information content (AvgIpc) is 3.08. The van der Waals surface area contributed by atoms with Crippen molar-refractivity contribution in [3.63, 3.8) is 0 Å². The number of sulfonamides is 1. The summed E-state index contributed by atoms with van der Waals surface area (Å²) in [5.41, 5.74) is 2.48. The van der Waals surface area contributed by atoms with Gasteiger partial charge in [-0.15, -0.1) is 0 Å². The highest BCUT2D eigenvalue weighted by molar-refractivity contribution is 7.92. The maximum atomic E-state index is 13.4. The Hall–Kier alpha value is -2.62. The fraction of sp³-hybridized carbons (Fsp3) is 0.500. The number of piperazine rings is 1. The van der Waals surface area contributed by atoms with E-state index in [0.29, 0.717) is 18.7 Å². The van der Waals surface area contributed by atoms with Crippen LogP contribution in [0.25, 0.3) is 0 Å². The van der Waals surface area contributed by atoms with Gasteiger partial charge >= 0.3 is 5.97 Å². The van der Waals surface area contributed by atoms with Crippen LogP contribution in [0.4, 0.5) is 11.4 Å². The van der Waals surface area contributed by atoms with Gasteiger partial charge in [0.05, 0.1) is 16.9 Å². The maximum Gasteiger partial charge on any atom is 0.338 e. The number of para-hydroxylation sites is 1. The fourth-order valence-electron chi connectivity index (χ4n) is 4.98. The predicted octanol–water partition coefficient (Wildman–Crippen LogP) is 3.50. The van der Waals surface area contributed by atoms with E-state index in [-0.39, 0.29) is 16.1 Å². The molecule has 1 heterocycles. The summed E-state index contributed by atoms with van der Waals surface area (Å²) in [5.74, 6) is -1.10. The van der Waals surface area contributed by atoms with Crippen LogP contribution in [0.3, 0.4) is 0 Å². The van der Waals surface area contributed by atoms with E-state index in [1.165, 1.54) is 0 Å². The maximum absolute atomic E-state index is 13.4. The van der Waals surface area contributed by atoms with Gasteiger partial charge in [-0.05, 0) is 75.0 Å². The molecule has 190 valence electrons. The molecular formula is C26H36N4O4S. The number of hydrogen-bond donors (Lipinski definition) is 3. The lowest BCUT2D eigenvalue weighted by molar-refractivity contribution is 0.0696. The molecule has 1 fully saturated rings. The standard InChI is InChI=1S/C26H36N4O4S/c1-29-16-18-30(19-17-29)15-7-14-27-22-10-5-6-11-24(22)35(33,34)28-23-13-12-20-8-3-2-4-9-21(20)25(23)26(31)32/h5-6,10-13,27-28H,2-4,7-9,14-19H2,1H3,(H,31,32). The van der Waals surface area contributed by atoms with Crippen molar-refractivity contribution in [2.75, 3.05) is 56.4 Å². The van der Waals surface area contributed by atoms with Gasteiger partial charge in [-0.1, -0.05) is 24.6 Å². The summed E-state index contributed by atoms with van der Waals surface area (Å²) in [6, 6.07) is 10.2. The number of nitrogens with zero attached hydrogens (tertiary/aromatic N) is 2. The van der Waals surface area contributed by atoms with Crippen LogP contribution in [0.1, 0.15) is 47.2 Å². The molecule has 0 spiro atoms. The molecule has 0 saturated carbocycles. The summed E-state index contributed by atoms with van der Waals surface area (Å²) in [6.07, 6.45) is 5.35. The molecule has 1 saturated heterocycles. The number of nitrogens with one attached hydrogen (secondary N) is 2. The Kier molecular flexibility index (Phi) is 8.30. The van der Waals surface area contributed by atoms with Crippen LogP contribution < -0.4 is 10.0 Å². The van der Waals surface area contributed by atoms with Crippen LogP contribution in [0, 0.1) is 0 Å². The van der Waals surface area contributed by atoms with Crippen LogP contribution in [0.5, 0.6) is 0 Å². The zero-order chi connectivity index (χ0) is 24.8. The summed E-state index contributed by atoms with van der Waals surface area (Å²) in [5, 5.41) is 13.2. The number of aryl methyl sites for hydroxylation is 1. The molecule has 2 aliphatic rings. The SMILES string of the molecule is CN1CCN(CCCNc2ccccc2S(=O)(=O)Nc2ccc3c(c2C(=O)O)CCCCC3)CC1. The minimum atomic E-state index is -3.99.